The van der Waals surface area contributed by atoms with Gasteiger partial charge in [0.1, 0.15) is 0 Å². The van der Waals surface area contributed by atoms with E-state index >= 15 is 0 Å². The summed E-state index contributed by atoms with van der Waals surface area (Å²) in [5.41, 5.74) is 3.42. The monoisotopic (exact) mass is 226 g/mol. The number of imidazole rings is 1. The Bertz CT molecular complexity index is 481. The molecule has 0 saturated heterocycles. The second kappa shape index (κ2) is 3.75. The standard InChI is InChI=1S/C10H11ClN2S/c1-7-6-14-10-12-8(2)9(13(7)10)4-3-5-11/h3-4,6H,5H2,1-2H3. The first-order chi connectivity index (χ1) is 6.74. The predicted molar refractivity (Wildman–Crippen MR) is 62.3 cm³/mol. The first kappa shape index (κ1) is 9.74. The fourth-order valence-corrected chi connectivity index (χ4v) is 2.49. The summed E-state index contributed by atoms with van der Waals surface area (Å²) < 4.78 is 2.16. The van der Waals surface area contributed by atoms with Crippen LogP contribution in [0.2, 0.25) is 0 Å². The normalized spacial score (nSPS) is 11.9. The van der Waals surface area contributed by atoms with E-state index in [4.69, 9.17) is 11.6 Å². The van der Waals surface area contributed by atoms with Gasteiger partial charge in [-0.15, -0.1) is 22.9 Å². The van der Waals surface area contributed by atoms with Gasteiger partial charge in [-0.05, 0) is 19.9 Å². The van der Waals surface area contributed by atoms with E-state index in [1.807, 2.05) is 19.1 Å². The fraction of sp³-hybridized carbons (Fsp3) is 0.300. The van der Waals surface area contributed by atoms with Crippen LogP contribution in [0.15, 0.2) is 11.5 Å². The van der Waals surface area contributed by atoms with Crippen LogP contribution in [0.25, 0.3) is 11.0 Å². The van der Waals surface area contributed by atoms with E-state index in [1.54, 1.807) is 11.3 Å². The number of fused-ring (bicyclic) bond motifs is 1. The summed E-state index contributed by atoms with van der Waals surface area (Å²) in [6, 6.07) is 0. The first-order valence-corrected chi connectivity index (χ1v) is 5.81. The molecule has 14 heavy (non-hydrogen) atoms. The molecule has 0 aliphatic carbocycles. The Morgan fingerprint density at radius 3 is 3.07 bits per heavy atom. The number of hydrogen-bond donors (Lipinski definition) is 0. The molecule has 2 aromatic heterocycles. The van der Waals surface area contributed by atoms with Crippen molar-refractivity contribution in [3.8, 4) is 0 Å². The van der Waals surface area contributed by atoms with Crippen LogP contribution in [0, 0.1) is 13.8 Å². The number of aryl methyl sites for hydroxylation is 2. The second-order valence-electron chi connectivity index (χ2n) is 3.13. The number of allylic oxidation sites excluding steroid dienone is 1. The molecule has 2 rings (SSSR count). The molecule has 0 aliphatic heterocycles. The number of aromatic nitrogens is 2. The van der Waals surface area contributed by atoms with Crippen LogP contribution < -0.4 is 0 Å². The van der Waals surface area contributed by atoms with Crippen LogP contribution in [-0.4, -0.2) is 15.3 Å². The molecular weight excluding hydrogens is 216 g/mol. The molecule has 0 N–H and O–H groups in total. The molecule has 2 heterocycles. The highest BCUT2D eigenvalue weighted by Gasteiger charge is 2.08. The minimum Gasteiger partial charge on any atom is -0.288 e. The zero-order valence-corrected chi connectivity index (χ0v) is 9.69. The van der Waals surface area contributed by atoms with Gasteiger partial charge in [-0.25, -0.2) is 4.98 Å². The minimum atomic E-state index is 0.538. The van der Waals surface area contributed by atoms with Crippen LogP contribution in [0.5, 0.6) is 0 Å². The number of hydrogen-bond acceptors (Lipinski definition) is 2. The van der Waals surface area contributed by atoms with Crippen LogP contribution in [0.4, 0.5) is 0 Å². The molecule has 0 unspecified atom stereocenters. The van der Waals surface area contributed by atoms with E-state index in [1.165, 1.54) is 5.69 Å². The largest absolute Gasteiger partial charge is 0.288 e. The van der Waals surface area contributed by atoms with Crippen molar-refractivity contribution in [1.29, 1.82) is 0 Å². The van der Waals surface area contributed by atoms with Gasteiger partial charge in [0.25, 0.3) is 0 Å². The Morgan fingerprint density at radius 1 is 1.57 bits per heavy atom. The summed E-state index contributed by atoms with van der Waals surface area (Å²) in [6.07, 6.45) is 3.97. The maximum Gasteiger partial charge on any atom is 0.194 e. The Balaban J connectivity index is 2.65. The number of halogens is 1. The van der Waals surface area contributed by atoms with Gasteiger partial charge in [-0.2, -0.15) is 0 Å². The lowest BCUT2D eigenvalue weighted by Crippen LogP contribution is -1.88. The van der Waals surface area contributed by atoms with Crippen molar-refractivity contribution in [2.24, 2.45) is 0 Å². The first-order valence-electron chi connectivity index (χ1n) is 4.39. The fourth-order valence-electron chi connectivity index (χ4n) is 1.48. The van der Waals surface area contributed by atoms with Gasteiger partial charge < -0.3 is 0 Å². The van der Waals surface area contributed by atoms with Crippen LogP contribution >= 0.6 is 22.9 Å². The molecular formula is C10H11ClN2S. The highest BCUT2D eigenvalue weighted by Crippen LogP contribution is 2.21. The maximum atomic E-state index is 5.62. The number of thiazole rings is 1. The van der Waals surface area contributed by atoms with Crippen molar-refractivity contribution in [1.82, 2.24) is 9.38 Å². The number of rotatable bonds is 2. The van der Waals surface area contributed by atoms with Gasteiger partial charge in [0.15, 0.2) is 4.96 Å². The van der Waals surface area contributed by atoms with E-state index < -0.39 is 0 Å². The number of nitrogens with zero attached hydrogens (tertiary/aromatic N) is 2. The Morgan fingerprint density at radius 2 is 2.36 bits per heavy atom. The lowest BCUT2D eigenvalue weighted by atomic mass is 10.3. The lowest BCUT2D eigenvalue weighted by molar-refractivity contribution is 1.11. The third-order valence-corrected chi connectivity index (χ3v) is 3.24. The maximum absolute atomic E-state index is 5.62. The Kier molecular flexibility index (Phi) is 2.61. The van der Waals surface area contributed by atoms with Gasteiger partial charge in [0.05, 0.1) is 11.4 Å². The summed E-state index contributed by atoms with van der Waals surface area (Å²) in [6.45, 7) is 4.11. The zero-order chi connectivity index (χ0) is 10.1. The quantitative estimate of drug-likeness (QED) is 0.719. The topological polar surface area (TPSA) is 17.3 Å². The van der Waals surface area contributed by atoms with Crippen molar-refractivity contribution in [3.63, 3.8) is 0 Å². The Labute approximate surface area is 91.8 Å². The van der Waals surface area contributed by atoms with Crippen molar-refractivity contribution in [2.45, 2.75) is 13.8 Å². The van der Waals surface area contributed by atoms with E-state index in [2.05, 4.69) is 21.7 Å². The van der Waals surface area contributed by atoms with E-state index in [0.29, 0.717) is 5.88 Å². The van der Waals surface area contributed by atoms with Gasteiger partial charge in [0, 0.05) is 17.0 Å². The zero-order valence-electron chi connectivity index (χ0n) is 8.12. The molecule has 0 spiro atoms. The van der Waals surface area contributed by atoms with Gasteiger partial charge >= 0.3 is 0 Å². The minimum absolute atomic E-state index is 0.538. The molecule has 0 radical (unpaired) electrons. The molecule has 74 valence electrons. The molecule has 0 bridgehead atoms. The molecule has 0 fully saturated rings. The summed E-state index contributed by atoms with van der Waals surface area (Å²) in [5.74, 6) is 0.538. The van der Waals surface area contributed by atoms with Crippen molar-refractivity contribution in [2.75, 3.05) is 5.88 Å². The van der Waals surface area contributed by atoms with Gasteiger partial charge in [-0.3, -0.25) is 4.40 Å². The third-order valence-electron chi connectivity index (χ3n) is 2.12. The molecule has 0 aromatic carbocycles. The highest BCUT2D eigenvalue weighted by atomic mass is 35.5. The molecule has 4 heteroatoms. The van der Waals surface area contributed by atoms with Crippen LogP contribution in [0.3, 0.4) is 0 Å². The van der Waals surface area contributed by atoms with Crippen LogP contribution in [0.1, 0.15) is 17.1 Å². The summed E-state index contributed by atoms with van der Waals surface area (Å²) in [4.78, 5) is 5.52. The Hall–Kier alpha value is -0.800. The lowest BCUT2D eigenvalue weighted by Gasteiger charge is -1.95. The van der Waals surface area contributed by atoms with E-state index in [9.17, 15) is 0 Å². The third kappa shape index (κ3) is 1.47. The van der Waals surface area contributed by atoms with Crippen molar-refractivity contribution < 1.29 is 0 Å². The van der Waals surface area contributed by atoms with Crippen molar-refractivity contribution in [3.05, 3.63) is 28.5 Å². The van der Waals surface area contributed by atoms with Crippen molar-refractivity contribution >= 4 is 34.0 Å². The molecule has 0 aliphatic rings. The van der Waals surface area contributed by atoms with E-state index in [0.717, 1.165) is 16.3 Å². The summed E-state index contributed by atoms with van der Waals surface area (Å²) in [5, 5.41) is 2.11. The van der Waals surface area contributed by atoms with Gasteiger partial charge in [-0.1, -0.05) is 6.08 Å². The van der Waals surface area contributed by atoms with E-state index in [-0.39, 0.29) is 0 Å². The SMILES string of the molecule is Cc1nc2scc(C)n2c1C=CCCl. The molecule has 2 aromatic rings. The molecule has 0 amide bonds. The second-order valence-corrected chi connectivity index (χ2v) is 4.28. The van der Waals surface area contributed by atoms with Crippen LogP contribution in [-0.2, 0) is 0 Å². The number of alkyl halides is 1. The summed E-state index contributed by atoms with van der Waals surface area (Å²) >= 11 is 7.29. The summed E-state index contributed by atoms with van der Waals surface area (Å²) in [7, 11) is 0. The smallest absolute Gasteiger partial charge is 0.194 e. The predicted octanol–water partition coefficient (Wildman–Crippen LogP) is 3.26. The highest BCUT2D eigenvalue weighted by molar-refractivity contribution is 7.15. The average Bonchev–Trinajstić information content (AvgIpc) is 2.64. The van der Waals surface area contributed by atoms with Gasteiger partial charge in [0.2, 0.25) is 0 Å². The molecule has 2 nitrogen and oxygen atoms in total. The molecule has 0 atom stereocenters. The average molecular weight is 227 g/mol. The molecule has 0 saturated carbocycles.